The summed E-state index contributed by atoms with van der Waals surface area (Å²) in [6, 6.07) is 12.9. The second kappa shape index (κ2) is 9.63. The van der Waals surface area contributed by atoms with E-state index in [0.29, 0.717) is 17.1 Å². The van der Waals surface area contributed by atoms with E-state index >= 15 is 0 Å². The van der Waals surface area contributed by atoms with Crippen LogP contribution < -0.4 is 0 Å². The van der Waals surface area contributed by atoms with Crippen LogP contribution in [0.25, 0.3) is 11.3 Å². The molecule has 6 heteroatoms. The molecule has 0 saturated carbocycles. The molecule has 2 saturated heterocycles. The zero-order chi connectivity index (χ0) is 20.2. The third-order valence-electron chi connectivity index (χ3n) is 6.41. The predicted molar refractivity (Wildman–Crippen MR) is 117 cm³/mol. The van der Waals surface area contributed by atoms with E-state index in [9.17, 15) is 5.11 Å². The van der Waals surface area contributed by atoms with Crippen molar-refractivity contribution in [2.24, 2.45) is 0 Å². The van der Waals surface area contributed by atoms with Gasteiger partial charge in [-0.05, 0) is 63.7 Å². The average Bonchev–Trinajstić information content (AvgIpc) is 3.18. The number of benzene rings is 1. The van der Waals surface area contributed by atoms with Crippen molar-refractivity contribution in [3.8, 4) is 11.3 Å². The van der Waals surface area contributed by atoms with Crippen LogP contribution in [-0.2, 0) is 6.54 Å². The first-order valence-corrected chi connectivity index (χ1v) is 11.1. The molecule has 2 aromatic rings. The van der Waals surface area contributed by atoms with E-state index in [0.717, 1.165) is 49.7 Å². The van der Waals surface area contributed by atoms with E-state index in [1.165, 1.54) is 25.9 Å². The van der Waals surface area contributed by atoms with E-state index < -0.39 is 0 Å². The van der Waals surface area contributed by atoms with Crippen molar-refractivity contribution in [2.75, 3.05) is 46.4 Å². The van der Waals surface area contributed by atoms with Gasteiger partial charge in [-0.25, -0.2) is 0 Å². The number of hydrogen-bond donors (Lipinski definition) is 1. The molecule has 0 spiro atoms. The maximum atomic E-state index is 9.62. The number of nitrogens with zero attached hydrogens (tertiary/aromatic N) is 3. The molecule has 29 heavy (non-hydrogen) atoms. The lowest BCUT2D eigenvalue weighted by atomic mass is 9.98. The Bertz CT molecular complexity index is 788. The molecule has 1 aromatic heterocycles. The SMILES string of the molecule is CN1CCC(N2CCN(Cc3ccc(-c4ccccc4Cl)o3)C[C@H]2CCO)CC1. The molecule has 0 aliphatic carbocycles. The standard InChI is InChI=1S/C23H32ClN3O2/c1-25-11-8-18(9-12-25)27-14-13-26(16-19(27)10-15-28)17-20-6-7-23(29-20)21-4-2-3-5-22(21)24/h2-7,18-19,28H,8-17H2,1H3/t19-/m1/s1. The summed E-state index contributed by atoms with van der Waals surface area (Å²) in [5.74, 6) is 1.79. The second-order valence-corrected chi connectivity index (χ2v) is 8.83. The number of hydrogen-bond acceptors (Lipinski definition) is 5. The first kappa shape index (κ1) is 20.9. The van der Waals surface area contributed by atoms with Crippen LogP contribution in [0, 0.1) is 0 Å². The molecule has 2 fully saturated rings. The summed E-state index contributed by atoms with van der Waals surface area (Å²) in [4.78, 5) is 7.54. The topological polar surface area (TPSA) is 43.1 Å². The first-order chi connectivity index (χ1) is 14.1. The number of piperazine rings is 1. The second-order valence-electron chi connectivity index (χ2n) is 8.42. The van der Waals surface area contributed by atoms with Gasteiger partial charge in [0.1, 0.15) is 11.5 Å². The van der Waals surface area contributed by atoms with Crippen LogP contribution in [0.15, 0.2) is 40.8 Å². The smallest absolute Gasteiger partial charge is 0.135 e. The summed E-state index contributed by atoms with van der Waals surface area (Å²) < 4.78 is 6.11. The maximum absolute atomic E-state index is 9.62. The normalized spacial score (nSPS) is 22.9. The fourth-order valence-corrected chi connectivity index (χ4v) is 5.01. The van der Waals surface area contributed by atoms with E-state index in [1.807, 2.05) is 30.3 Å². The summed E-state index contributed by atoms with van der Waals surface area (Å²) in [5.41, 5.74) is 0.936. The molecular weight excluding hydrogens is 386 g/mol. The average molecular weight is 418 g/mol. The molecule has 2 aliphatic rings. The van der Waals surface area contributed by atoms with Crippen molar-refractivity contribution in [1.29, 1.82) is 0 Å². The van der Waals surface area contributed by atoms with Gasteiger partial charge in [-0.1, -0.05) is 23.7 Å². The van der Waals surface area contributed by atoms with Crippen molar-refractivity contribution in [1.82, 2.24) is 14.7 Å². The Morgan fingerprint density at radius 3 is 2.62 bits per heavy atom. The van der Waals surface area contributed by atoms with Crippen molar-refractivity contribution in [3.05, 3.63) is 47.2 Å². The Morgan fingerprint density at radius 2 is 1.86 bits per heavy atom. The minimum absolute atomic E-state index is 0.249. The molecule has 0 amide bonds. The van der Waals surface area contributed by atoms with Crippen LogP contribution in [-0.4, -0.2) is 78.3 Å². The molecule has 158 valence electrons. The predicted octanol–water partition coefficient (Wildman–Crippen LogP) is 3.56. The highest BCUT2D eigenvalue weighted by molar-refractivity contribution is 6.33. The highest BCUT2D eigenvalue weighted by Crippen LogP contribution is 2.30. The molecule has 3 heterocycles. The molecule has 1 atom stereocenters. The van der Waals surface area contributed by atoms with Crippen LogP contribution in [0.2, 0.25) is 5.02 Å². The van der Waals surface area contributed by atoms with Crippen molar-refractivity contribution in [2.45, 2.75) is 37.9 Å². The number of halogens is 1. The maximum Gasteiger partial charge on any atom is 0.135 e. The van der Waals surface area contributed by atoms with Gasteiger partial charge in [-0.15, -0.1) is 0 Å². The number of piperidine rings is 1. The lowest BCUT2D eigenvalue weighted by Gasteiger charge is -2.47. The summed E-state index contributed by atoms with van der Waals surface area (Å²) >= 11 is 6.31. The number of aliphatic hydroxyl groups is 1. The largest absolute Gasteiger partial charge is 0.460 e. The van der Waals surface area contributed by atoms with Gasteiger partial charge >= 0.3 is 0 Å². The summed E-state index contributed by atoms with van der Waals surface area (Å²) in [7, 11) is 2.21. The lowest BCUT2D eigenvalue weighted by molar-refractivity contribution is 0.00426. The molecule has 5 nitrogen and oxygen atoms in total. The van der Waals surface area contributed by atoms with E-state index in [4.69, 9.17) is 16.0 Å². The van der Waals surface area contributed by atoms with Crippen LogP contribution in [0.4, 0.5) is 0 Å². The Balaban J connectivity index is 1.39. The van der Waals surface area contributed by atoms with Crippen LogP contribution in [0.3, 0.4) is 0 Å². The van der Waals surface area contributed by atoms with Gasteiger partial charge in [0.2, 0.25) is 0 Å². The molecule has 1 aromatic carbocycles. The van der Waals surface area contributed by atoms with Gasteiger partial charge in [-0.3, -0.25) is 9.80 Å². The minimum atomic E-state index is 0.249. The van der Waals surface area contributed by atoms with Crippen molar-refractivity contribution in [3.63, 3.8) is 0 Å². The minimum Gasteiger partial charge on any atom is -0.460 e. The summed E-state index contributed by atoms with van der Waals surface area (Å²) in [6.07, 6.45) is 3.31. The first-order valence-electron chi connectivity index (χ1n) is 10.7. The summed E-state index contributed by atoms with van der Waals surface area (Å²) in [6.45, 7) is 6.48. The highest BCUT2D eigenvalue weighted by atomic mass is 35.5. The molecule has 4 rings (SSSR count). The van der Waals surface area contributed by atoms with E-state index in [1.54, 1.807) is 0 Å². The Hall–Kier alpha value is -1.37. The third kappa shape index (κ3) is 5.04. The third-order valence-corrected chi connectivity index (χ3v) is 6.74. The quantitative estimate of drug-likeness (QED) is 0.778. The van der Waals surface area contributed by atoms with Crippen LogP contribution >= 0.6 is 11.6 Å². The molecule has 1 N–H and O–H groups in total. The molecular formula is C23H32ClN3O2. The Kier molecular flexibility index (Phi) is 6.93. The fourth-order valence-electron chi connectivity index (χ4n) is 4.78. The molecule has 0 bridgehead atoms. The number of rotatable bonds is 6. The van der Waals surface area contributed by atoms with Crippen molar-refractivity contribution < 1.29 is 9.52 Å². The molecule has 0 radical (unpaired) electrons. The molecule has 0 unspecified atom stereocenters. The lowest BCUT2D eigenvalue weighted by Crippen LogP contribution is -2.58. The Labute approximate surface area is 178 Å². The Morgan fingerprint density at radius 1 is 1.07 bits per heavy atom. The van der Waals surface area contributed by atoms with Gasteiger partial charge in [-0.2, -0.15) is 0 Å². The van der Waals surface area contributed by atoms with Crippen LogP contribution in [0.5, 0.6) is 0 Å². The van der Waals surface area contributed by atoms with Crippen LogP contribution in [0.1, 0.15) is 25.0 Å². The number of furan rings is 1. The monoisotopic (exact) mass is 417 g/mol. The fraction of sp³-hybridized carbons (Fsp3) is 0.565. The zero-order valence-electron chi connectivity index (χ0n) is 17.3. The zero-order valence-corrected chi connectivity index (χ0v) is 18.0. The van der Waals surface area contributed by atoms with Gasteiger partial charge in [0, 0.05) is 43.9 Å². The van der Waals surface area contributed by atoms with E-state index in [2.05, 4.69) is 27.8 Å². The number of aliphatic hydroxyl groups excluding tert-OH is 1. The van der Waals surface area contributed by atoms with Gasteiger partial charge in [0.25, 0.3) is 0 Å². The van der Waals surface area contributed by atoms with Crippen molar-refractivity contribution >= 4 is 11.6 Å². The number of likely N-dealkylation sites (tertiary alicyclic amines) is 1. The van der Waals surface area contributed by atoms with Gasteiger partial charge < -0.3 is 14.4 Å². The molecule has 2 aliphatic heterocycles. The summed E-state index contributed by atoms with van der Waals surface area (Å²) in [5, 5.41) is 10.3. The van der Waals surface area contributed by atoms with Gasteiger partial charge in [0.05, 0.1) is 11.6 Å². The van der Waals surface area contributed by atoms with Gasteiger partial charge in [0.15, 0.2) is 0 Å². The highest BCUT2D eigenvalue weighted by Gasteiger charge is 2.33. The van der Waals surface area contributed by atoms with E-state index in [-0.39, 0.29) is 6.61 Å².